The van der Waals surface area contributed by atoms with Crippen molar-refractivity contribution in [1.29, 1.82) is 5.26 Å². The predicted octanol–water partition coefficient (Wildman–Crippen LogP) is 3.71. The number of aryl methyl sites for hydroxylation is 1. The molecule has 1 aromatic heterocycles. The van der Waals surface area contributed by atoms with Gasteiger partial charge in [0.2, 0.25) is 0 Å². The second kappa shape index (κ2) is 5.59. The largest absolute Gasteiger partial charge is 0.494 e. The van der Waals surface area contributed by atoms with Crippen molar-refractivity contribution in [2.24, 2.45) is 0 Å². The molecule has 0 atom stereocenters. The molecule has 0 bridgehead atoms. The third-order valence-electron chi connectivity index (χ3n) is 3.08. The standard InChI is InChI=1S/C15H18N2O/c1-3-5-8-18-13-6-7-14-12(10-16)11-17(4-2)15(14)9-13/h6-7,9,11H,3-5,8H2,1-2H3. The Morgan fingerprint density at radius 3 is 2.83 bits per heavy atom. The molecule has 0 unspecified atom stereocenters. The molecule has 0 N–H and O–H groups in total. The SMILES string of the molecule is CCCCOc1ccc2c(C#N)cn(CC)c2c1. The summed E-state index contributed by atoms with van der Waals surface area (Å²) in [4.78, 5) is 0. The summed E-state index contributed by atoms with van der Waals surface area (Å²) in [5.41, 5.74) is 1.80. The third-order valence-corrected chi connectivity index (χ3v) is 3.08. The molecule has 0 radical (unpaired) electrons. The van der Waals surface area contributed by atoms with Gasteiger partial charge < -0.3 is 9.30 Å². The minimum Gasteiger partial charge on any atom is -0.494 e. The fourth-order valence-corrected chi connectivity index (χ4v) is 2.05. The number of benzene rings is 1. The van der Waals surface area contributed by atoms with Gasteiger partial charge in [-0.1, -0.05) is 13.3 Å². The predicted molar refractivity (Wildman–Crippen MR) is 72.7 cm³/mol. The molecule has 1 heterocycles. The zero-order valence-electron chi connectivity index (χ0n) is 10.9. The topological polar surface area (TPSA) is 37.9 Å². The van der Waals surface area contributed by atoms with Crippen LogP contribution in [0, 0.1) is 11.3 Å². The number of aromatic nitrogens is 1. The van der Waals surface area contributed by atoms with Crippen molar-refractivity contribution in [3.05, 3.63) is 30.0 Å². The lowest BCUT2D eigenvalue weighted by Gasteiger charge is -2.06. The second-order valence-corrected chi connectivity index (χ2v) is 4.32. The van der Waals surface area contributed by atoms with Gasteiger partial charge >= 0.3 is 0 Å². The van der Waals surface area contributed by atoms with E-state index < -0.39 is 0 Å². The molecule has 94 valence electrons. The maximum atomic E-state index is 9.09. The van der Waals surface area contributed by atoms with E-state index in [0.29, 0.717) is 0 Å². The fourth-order valence-electron chi connectivity index (χ4n) is 2.05. The van der Waals surface area contributed by atoms with Gasteiger partial charge in [-0.25, -0.2) is 0 Å². The molecular formula is C15H18N2O. The number of unbranched alkanes of at least 4 members (excludes halogenated alkanes) is 1. The molecular weight excluding hydrogens is 224 g/mol. The summed E-state index contributed by atoms with van der Waals surface area (Å²) >= 11 is 0. The highest BCUT2D eigenvalue weighted by Crippen LogP contribution is 2.25. The van der Waals surface area contributed by atoms with Crippen LogP contribution in [0.25, 0.3) is 10.9 Å². The average molecular weight is 242 g/mol. The highest BCUT2D eigenvalue weighted by Gasteiger charge is 2.08. The van der Waals surface area contributed by atoms with Crippen molar-refractivity contribution in [1.82, 2.24) is 4.57 Å². The zero-order valence-corrected chi connectivity index (χ0v) is 10.9. The Labute approximate surface area is 108 Å². The van der Waals surface area contributed by atoms with Gasteiger partial charge in [0.1, 0.15) is 11.8 Å². The van der Waals surface area contributed by atoms with Crippen molar-refractivity contribution in [3.63, 3.8) is 0 Å². The molecule has 0 aliphatic heterocycles. The van der Waals surface area contributed by atoms with E-state index in [1.165, 1.54) is 0 Å². The van der Waals surface area contributed by atoms with Gasteiger partial charge in [0.25, 0.3) is 0 Å². The summed E-state index contributed by atoms with van der Waals surface area (Å²) in [5, 5.41) is 10.1. The molecule has 18 heavy (non-hydrogen) atoms. The average Bonchev–Trinajstić information content (AvgIpc) is 2.76. The van der Waals surface area contributed by atoms with Crippen LogP contribution in [-0.2, 0) is 6.54 Å². The Balaban J connectivity index is 2.35. The van der Waals surface area contributed by atoms with Crippen molar-refractivity contribution in [3.8, 4) is 11.8 Å². The van der Waals surface area contributed by atoms with E-state index in [1.807, 2.05) is 24.4 Å². The molecule has 3 nitrogen and oxygen atoms in total. The number of nitrogens with zero attached hydrogens (tertiary/aromatic N) is 2. The first-order valence-corrected chi connectivity index (χ1v) is 6.46. The summed E-state index contributed by atoms with van der Waals surface area (Å²) in [7, 11) is 0. The van der Waals surface area contributed by atoms with Gasteiger partial charge in [-0.3, -0.25) is 0 Å². The highest BCUT2D eigenvalue weighted by atomic mass is 16.5. The van der Waals surface area contributed by atoms with Crippen molar-refractivity contribution in [2.45, 2.75) is 33.2 Å². The van der Waals surface area contributed by atoms with Crippen molar-refractivity contribution < 1.29 is 4.74 Å². The zero-order chi connectivity index (χ0) is 13.0. The van der Waals surface area contributed by atoms with Gasteiger partial charge in [0.15, 0.2) is 0 Å². The van der Waals surface area contributed by atoms with E-state index in [9.17, 15) is 0 Å². The van der Waals surface area contributed by atoms with Crippen LogP contribution >= 0.6 is 0 Å². The first-order valence-electron chi connectivity index (χ1n) is 6.46. The van der Waals surface area contributed by atoms with E-state index in [4.69, 9.17) is 10.00 Å². The first-order chi connectivity index (χ1) is 8.80. The fraction of sp³-hybridized carbons (Fsp3) is 0.400. The molecule has 0 spiro atoms. The molecule has 1 aromatic carbocycles. The lowest BCUT2D eigenvalue weighted by atomic mass is 10.2. The minimum atomic E-state index is 0.729. The first kappa shape index (κ1) is 12.5. The van der Waals surface area contributed by atoms with Crippen LogP contribution in [0.1, 0.15) is 32.3 Å². The Morgan fingerprint density at radius 1 is 1.33 bits per heavy atom. The Bertz CT molecular complexity index is 578. The molecule has 3 heteroatoms. The van der Waals surface area contributed by atoms with E-state index in [0.717, 1.165) is 48.2 Å². The van der Waals surface area contributed by atoms with Crippen LogP contribution in [0.15, 0.2) is 24.4 Å². The lowest BCUT2D eigenvalue weighted by molar-refractivity contribution is 0.309. The van der Waals surface area contributed by atoms with Gasteiger partial charge in [-0.15, -0.1) is 0 Å². The highest BCUT2D eigenvalue weighted by molar-refractivity contribution is 5.87. The monoisotopic (exact) mass is 242 g/mol. The van der Waals surface area contributed by atoms with Crippen LogP contribution in [0.4, 0.5) is 0 Å². The second-order valence-electron chi connectivity index (χ2n) is 4.32. The summed E-state index contributed by atoms with van der Waals surface area (Å²) < 4.78 is 7.78. The Hall–Kier alpha value is -1.95. The number of rotatable bonds is 5. The van der Waals surface area contributed by atoms with Crippen LogP contribution in [0.5, 0.6) is 5.75 Å². The number of fused-ring (bicyclic) bond motifs is 1. The number of ether oxygens (including phenoxy) is 1. The van der Waals surface area contributed by atoms with E-state index in [2.05, 4.69) is 24.5 Å². The molecule has 2 rings (SSSR count). The normalized spacial score (nSPS) is 10.5. The van der Waals surface area contributed by atoms with Gasteiger partial charge in [-0.05, 0) is 25.5 Å². The summed E-state index contributed by atoms with van der Waals surface area (Å²) in [6, 6.07) is 8.17. The van der Waals surface area contributed by atoms with Crippen LogP contribution in [0.3, 0.4) is 0 Å². The number of nitriles is 1. The summed E-state index contributed by atoms with van der Waals surface area (Å²) in [5.74, 6) is 0.883. The minimum absolute atomic E-state index is 0.729. The van der Waals surface area contributed by atoms with E-state index in [-0.39, 0.29) is 0 Å². The molecule has 2 aromatic rings. The number of hydrogen-bond donors (Lipinski definition) is 0. The summed E-state index contributed by atoms with van der Waals surface area (Å²) in [6.45, 7) is 5.83. The molecule has 0 fully saturated rings. The molecule has 0 amide bonds. The van der Waals surface area contributed by atoms with E-state index >= 15 is 0 Å². The maximum Gasteiger partial charge on any atom is 0.121 e. The maximum absolute atomic E-state index is 9.09. The van der Waals surface area contributed by atoms with E-state index in [1.54, 1.807) is 0 Å². The quantitative estimate of drug-likeness (QED) is 0.749. The Kier molecular flexibility index (Phi) is 3.88. The molecule has 0 aliphatic rings. The Morgan fingerprint density at radius 2 is 2.17 bits per heavy atom. The number of hydrogen-bond acceptors (Lipinski definition) is 2. The van der Waals surface area contributed by atoms with Crippen LogP contribution < -0.4 is 4.74 Å². The summed E-state index contributed by atoms with van der Waals surface area (Å²) in [6.07, 6.45) is 4.10. The van der Waals surface area contributed by atoms with Gasteiger partial charge in [0.05, 0.1) is 17.7 Å². The molecule has 0 saturated carbocycles. The molecule has 0 saturated heterocycles. The lowest BCUT2D eigenvalue weighted by Crippen LogP contribution is -1.97. The third kappa shape index (κ3) is 2.33. The molecule has 0 aliphatic carbocycles. The van der Waals surface area contributed by atoms with Crippen molar-refractivity contribution in [2.75, 3.05) is 6.61 Å². The smallest absolute Gasteiger partial charge is 0.121 e. The van der Waals surface area contributed by atoms with Gasteiger partial charge in [-0.2, -0.15) is 5.26 Å². The van der Waals surface area contributed by atoms with Crippen LogP contribution in [-0.4, -0.2) is 11.2 Å². The van der Waals surface area contributed by atoms with Gasteiger partial charge in [0, 0.05) is 24.2 Å². The van der Waals surface area contributed by atoms with Crippen LogP contribution in [0.2, 0.25) is 0 Å². The van der Waals surface area contributed by atoms with Crippen molar-refractivity contribution >= 4 is 10.9 Å².